The molecule has 0 saturated heterocycles. The molecular formula is C22H37N3O2. The van der Waals surface area contributed by atoms with Crippen LogP contribution < -0.4 is 10.6 Å². The lowest BCUT2D eigenvalue weighted by Gasteiger charge is -2.56. The van der Waals surface area contributed by atoms with Gasteiger partial charge in [-0.25, -0.2) is 4.79 Å². The molecule has 5 heteroatoms. The van der Waals surface area contributed by atoms with Gasteiger partial charge < -0.3 is 15.5 Å². The van der Waals surface area contributed by atoms with E-state index < -0.39 is 0 Å². The first-order chi connectivity index (χ1) is 13.0. The van der Waals surface area contributed by atoms with Gasteiger partial charge in [0.25, 0.3) is 0 Å². The first-order valence-electron chi connectivity index (χ1n) is 11.3. The zero-order valence-electron chi connectivity index (χ0n) is 17.0. The molecule has 5 nitrogen and oxygen atoms in total. The molecule has 27 heavy (non-hydrogen) atoms. The second-order valence-electron chi connectivity index (χ2n) is 9.98. The number of hydrogen-bond acceptors (Lipinski definition) is 2. The second-order valence-corrected chi connectivity index (χ2v) is 9.98. The summed E-state index contributed by atoms with van der Waals surface area (Å²) >= 11 is 0. The van der Waals surface area contributed by atoms with Gasteiger partial charge in [-0.2, -0.15) is 0 Å². The van der Waals surface area contributed by atoms with Crippen molar-refractivity contribution in [2.75, 3.05) is 13.6 Å². The Hall–Kier alpha value is -1.26. The maximum absolute atomic E-state index is 12.5. The summed E-state index contributed by atoms with van der Waals surface area (Å²) in [6.07, 6.45) is 15.3. The molecule has 4 bridgehead atoms. The van der Waals surface area contributed by atoms with Gasteiger partial charge in [0, 0.05) is 31.6 Å². The fourth-order valence-electron chi connectivity index (χ4n) is 6.86. The first-order valence-corrected chi connectivity index (χ1v) is 11.3. The summed E-state index contributed by atoms with van der Waals surface area (Å²) in [5.74, 6) is 2.64. The molecule has 5 aliphatic rings. The molecule has 0 radical (unpaired) electrons. The van der Waals surface area contributed by atoms with Gasteiger partial charge in [-0.1, -0.05) is 25.7 Å². The van der Waals surface area contributed by atoms with E-state index in [1.54, 1.807) is 0 Å². The van der Waals surface area contributed by atoms with Gasteiger partial charge in [-0.3, -0.25) is 4.79 Å². The third kappa shape index (κ3) is 4.43. The van der Waals surface area contributed by atoms with Crippen LogP contribution in [0.15, 0.2) is 0 Å². The predicted molar refractivity (Wildman–Crippen MR) is 106 cm³/mol. The van der Waals surface area contributed by atoms with Crippen LogP contribution in [0.1, 0.15) is 83.5 Å². The number of nitrogens with zero attached hydrogens (tertiary/aromatic N) is 1. The van der Waals surface area contributed by atoms with Crippen LogP contribution in [0.3, 0.4) is 0 Å². The third-order valence-corrected chi connectivity index (χ3v) is 7.81. The maximum Gasteiger partial charge on any atom is 0.315 e. The predicted octanol–water partition coefficient (Wildman–Crippen LogP) is 3.83. The number of hydrogen-bond donors (Lipinski definition) is 2. The average Bonchev–Trinajstić information content (AvgIpc) is 2.88. The van der Waals surface area contributed by atoms with Gasteiger partial charge in [0.1, 0.15) is 0 Å². The average molecular weight is 376 g/mol. The molecule has 0 aliphatic heterocycles. The van der Waals surface area contributed by atoms with E-state index in [2.05, 4.69) is 10.6 Å². The van der Waals surface area contributed by atoms with Crippen molar-refractivity contribution in [3.8, 4) is 0 Å². The molecule has 0 atom stereocenters. The molecule has 3 amide bonds. The molecule has 0 heterocycles. The second kappa shape index (κ2) is 8.00. The Morgan fingerprint density at radius 3 is 2.04 bits per heavy atom. The molecule has 5 rings (SSSR count). The highest BCUT2D eigenvalue weighted by molar-refractivity contribution is 5.78. The van der Waals surface area contributed by atoms with E-state index in [-0.39, 0.29) is 17.5 Å². The van der Waals surface area contributed by atoms with Crippen LogP contribution >= 0.6 is 0 Å². The van der Waals surface area contributed by atoms with Crippen molar-refractivity contribution in [1.82, 2.24) is 15.5 Å². The molecule has 0 aromatic rings. The fraction of sp³-hybridized carbons (Fsp3) is 0.909. The molecule has 152 valence electrons. The van der Waals surface area contributed by atoms with Crippen LogP contribution in [0, 0.1) is 17.8 Å². The first kappa shape index (κ1) is 19.1. The highest BCUT2D eigenvalue weighted by Crippen LogP contribution is 2.55. The summed E-state index contributed by atoms with van der Waals surface area (Å²) in [5.41, 5.74) is 0.0416. The summed E-state index contributed by atoms with van der Waals surface area (Å²) < 4.78 is 0. The summed E-state index contributed by atoms with van der Waals surface area (Å²) in [5, 5.41) is 6.29. The number of urea groups is 1. The number of nitrogens with one attached hydrogen (secondary N) is 2. The van der Waals surface area contributed by atoms with Gasteiger partial charge in [0.15, 0.2) is 0 Å². The maximum atomic E-state index is 12.5. The van der Waals surface area contributed by atoms with Crippen molar-refractivity contribution in [2.45, 2.75) is 95.1 Å². The molecular weight excluding hydrogens is 338 g/mol. The standard InChI is InChI=1S/C22H37N3O2/c1-25(19-6-4-2-3-5-7-19)20(26)8-9-23-21(27)24-22-13-16-10-17(14-22)12-18(11-16)15-22/h16-19H,2-15H2,1H3,(H2,23,24,27). The number of carbonyl (C=O) groups excluding carboxylic acids is 2. The van der Waals surface area contributed by atoms with Gasteiger partial charge in [-0.05, 0) is 69.1 Å². The van der Waals surface area contributed by atoms with Gasteiger partial charge in [-0.15, -0.1) is 0 Å². The number of carbonyl (C=O) groups is 2. The lowest BCUT2D eigenvalue weighted by atomic mass is 9.53. The van der Waals surface area contributed by atoms with Gasteiger partial charge in [0.2, 0.25) is 5.91 Å². The van der Waals surface area contributed by atoms with Crippen LogP contribution in [0.2, 0.25) is 0 Å². The minimum atomic E-state index is -0.0677. The normalized spacial score (nSPS) is 35.5. The SMILES string of the molecule is CN(C(=O)CCNC(=O)NC12CC3CC(CC(C3)C1)C2)C1CCCCCC1. The molecule has 0 unspecified atom stereocenters. The Balaban J connectivity index is 1.20. The molecule has 5 fully saturated rings. The molecule has 5 aliphatic carbocycles. The number of amides is 3. The smallest absolute Gasteiger partial charge is 0.315 e. The van der Waals surface area contributed by atoms with Crippen LogP contribution in [-0.2, 0) is 4.79 Å². The van der Waals surface area contributed by atoms with E-state index >= 15 is 0 Å². The topological polar surface area (TPSA) is 61.4 Å². The van der Waals surface area contributed by atoms with Crippen LogP contribution in [-0.4, -0.2) is 42.0 Å². The van der Waals surface area contributed by atoms with Gasteiger partial charge in [0.05, 0.1) is 0 Å². The van der Waals surface area contributed by atoms with Crippen LogP contribution in [0.5, 0.6) is 0 Å². The molecule has 0 aromatic heterocycles. The zero-order chi connectivity index (χ0) is 18.9. The van der Waals surface area contributed by atoms with Crippen molar-refractivity contribution in [3.05, 3.63) is 0 Å². The minimum Gasteiger partial charge on any atom is -0.343 e. The highest BCUT2D eigenvalue weighted by atomic mass is 16.2. The van der Waals surface area contributed by atoms with Crippen molar-refractivity contribution >= 4 is 11.9 Å². The fourth-order valence-corrected chi connectivity index (χ4v) is 6.86. The molecule has 2 N–H and O–H groups in total. The Morgan fingerprint density at radius 2 is 1.48 bits per heavy atom. The quantitative estimate of drug-likeness (QED) is 0.718. The van der Waals surface area contributed by atoms with Gasteiger partial charge >= 0.3 is 6.03 Å². The lowest BCUT2D eigenvalue weighted by Crippen LogP contribution is -2.61. The Morgan fingerprint density at radius 1 is 0.926 bits per heavy atom. The summed E-state index contributed by atoms with van der Waals surface area (Å²) in [4.78, 5) is 26.9. The van der Waals surface area contributed by atoms with Crippen LogP contribution in [0.25, 0.3) is 0 Å². The van der Waals surface area contributed by atoms with E-state index in [9.17, 15) is 9.59 Å². The Kier molecular flexibility index (Phi) is 5.65. The Bertz CT molecular complexity index is 518. The lowest BCUT2D eigenvalue weighted by molar-refractivity contribution is -0.132. The minimum absolute atomic E-state index is 0.0416. The summed E-state index contributed by atoms with van der Waals surface area (Å²) in [7, 11) is 1.94. The van der Waals surface area contributed by atoms with E-state index in [0.717, 1.165) is 49.9 Å². The van der Waals surface area contributed by atoms with Crippen molar-refractivity contribution in [1.29, 1.82) is 0 Å². The molecule has 5 saturated carbocycles. The van der Waals surface area contributed by atoms with E-state index in [1.807, 2.05) is 11.9 Å². The largest absolute Gasteiger partial charge is 0.343 e. The summed E-state index contributed by atoms with van der Waals surface area (Å²) in [6.45, 7) is 0.439. The van der Waals surface area contributed by atoms with Crippen LogP contribution in [0.4, 0.5) is 4.79 Å². The monoisotopic (exact) mass is 375 g/mol. The molecule has 0 spiro atoms. The van der Waals surface area contributed by atoms with Crippen molar-refractivity contribution in [3.63, 3.8) is 0 Å². The molecule has 0 aromatic carbocycles. The zero-order valence-corrected chi connectivity index (χ0v) is 17.0. The third-order valence-electron chi connectivity index (χ3n) is 7.81. The van der Waals surface area contributed by atoms with Crippen molar-refractivity contribution in [2.24, 2.45) is 17.8 Å². The van der Waals surface area contributed by atoms with E-state index in [4.69, 9.17) is 0 Å². The Labute approximate surface area is 164 Å². The highest BCUT2D eigenvalue weighted by Gasteiger charge is 2.51. The van der Waals surface area contributed by atoms with E-state index in [0.29, 0.717) is 19.0 Å². The number of rotatable bonds is 5. The van der Waals surface area contributed by atoms with Crippen molar-refractivity contribution < 1.29 is 9.59 Å². The summed E-state index contributed by atoms with van der Waals surface area (Å²) in [6, 6.07) is 0.322. The van der Waals surface area contributed by atoms with E-state index in [1.165, 1.54) is 44.9 Å².